The lowest BCUT2D eigenvalue weighted by molar-refractivity contribution is 0.0939. The minimum atomic E-state index is -0.135. The Labute approximate surface area is 181 Å². The van der Waals surface area contributed by atoms with Crippen LogP contribution < -0.4 is 5.32 Å². The first-order valence-corrected chi connectivity index (χ1v) is 10.8. The molecule has 0 fully saturated rings. The monoisotopic (exact) mass is 411 g/mol. The molecule has 1 unspecified atom stereocenters. The van der Waals surface area contributed by atoms with E-state index in [1.165, 1.54) is 24.0 Å². The summed E-state index contributed by atoms with van der Waals surface area (Å²) in [5.74, 6) is 0.566. The predicted molar refractivity (Wildman–Crippen MR) is 120 cm³/mol. The fraction of sp³-hybridized carbons (Fsp3) is 0.280. The van der Waals surface area contributed by atoms with Gasteiger partial charge in [-0.05, 0) is 74.4 Å². The number of pyridine rings is 2. The van der Waals surface area contributed by atoms with Crippen molar-refractivity contribution in [2.75, 3.05) is 0 Å². The Bertz CT molecular complexity index is 1260. The van der Waals surface area contributed by atoms with Gasteiger partial charge in [0, 0.05) is 17.8 Å². The third-order valence-electron chi connectivity index (χ3n) is 6.06. The van der Waals surface area contributed by atoms with E-state index in [0.717, 1.165) is 29.5 Å². The van der Waals surface area contributed by atoms with Crippen molar-refractivity contribution >= 4 is 16.9 Å². The summed E-state index contributed by atoms with van der Waals surface area (Å²) < 4.78 is 1.71. The molecule has 3 aromatic heterocycles. The molecule has 1 N–H and O–H groups in total. The molecule has 1 aromatic carbocycles. The average Bonchev–Trinajstić information content (AvgIpc) is 3.15. The maximum absolute atomic E-state index is 13.0. The molecule has 1 aliphatic rings. The number of hydrogen-bond acceptors (Lipinski definition) is 4. The Morgan fingerprint density at radius 3 is 2.71 bits per heavy atom. The first-order valence-electron chi connectivity index (χ1n) is 10.8. The van der Waals surface area contributed by atoms with Crippen molar-refractivity contribution < 1.29 is 4.79 Å². The van der Waals surface area contributed by atoms with Gasteiger partial charge >= 0.3 is 0 Å². The number of amides is 1. The molecule has 5 rings (SSSR count). The van der Waals surface area contributed by atoms with E-state index in [-0.39, 0.29) is 11.9 Å². The van der Waals surface area contributed by atoms with Crippen LogP contribution in [0.25, 0.3) is 16.9 Å². The van der Waals surface area contributed by atoms with E-state index in [0.29, 0.717) is 17.0 Å². The van der Waals surface area contributed by atoms with Crippen LogP contribution in [0.5, 0.6) is 0 Å². The largest absolute Gasteiger partial charge is 0.345 e. The molecule has 1 aliphatic carbocycles. The van der Waals surface area contributed by atoms with Crippen LogP contribution >= 0.6 is 0 Å². The third kappa shape index (κ3) is 3.69. The van der Waals surface area contributed by atoms with Crippen LogP contribution in [-0.4, -0.2) is 25.7 Å². The van der Waals surface area contributed by atoms with Gasteiger partial charge in [-0.3, -0.25) is 4.79 Å². The SMILES string of the molecule is Cc1nn(-c2ccccn2)c2ncc(C(=O)NC(C)c3ccc4c(c3)CCCC4)cc12. The summed E-state index contributed by atoms with van der Waals surface area (Å²) in [6.45, 7) is 3.94. The van der Waals surface area contributed by atoms with Gasteiger partial charge in [0.15, 0.2) is 11.5 Å². The van der Waals surface area contributed by atoms with Gasteiger partial charge in [-0.2, -0.15) is 9.78 Å². The van der Waals surface area contributed by atoms with Gasteiger partial charge in [-0.1, -0.05) is 24.3 Å². The quantitative estimate of drug-likeness (QED) is 0.537. The van der Waals surface area contributed by atoms with Crippen LogP contribution in [0.1, 0.15) is 58.5 Å². The standard InChI is InChI=1S/C25H25N5O/c1-16(19-11-10-18-7-3-4-8-20(18)13-19)28-25(31)21-14-22-17(2)29-30(24(22)27-15-21)23-9-5-6-12-26-23/h5-6,9-16H,3-4,7-8H2,1-2H3,(H,28,31). The van der Waals surface area contributed by atoms with Gasteiger partial charge in [0.05, 0.1) is 17.3 Å². The van der Waals surface area contributed by atoms with Gasteiger partial charge in [0.2, 0.25) is 0 Å². The summed E-state index contributed by atoms with van der Waals surface area (Å²) in [6, 6.07) is 14.0. The van der Waals surface area contributed by atoms with Crippen LogP contribution in [0.4, 0.5) is 0 Å². The number of aryl methyl sites for hydroxylation is 3. The summed E-state index contributed by atoms with van der Waals surface area (Å²) in [6.07, 6.45) is 8.14. The van der Waals surface area contributed by atoms with Gasteiger partial charge in [-0.25, -0.2) is 9.97 Å². The minimum Gasteiger partial charge on any atom is -0.345 e. The highest BCUT2D eigenvalue weighted by Crippen LogP contribution is 2.25. The fourth-order valence-corrected chi connectivity index (χ4v) is 4.29. The smallest absolute Gasteiger partial charge is 0.253 e. The molecule has 0 aliphatic heterocycles. The zero-order valence-corrected chi connectivity index (χ0v) is 17.8. The second-order valence-electron chi connectivity index (χ2n) is 8.21. The zero-order chi connectivity index (χ0) is 21.4. The summed E-state index contributed by atoms with van der Waals surface area (Å²) in [5.41, 5.74) is 6.04. The Kier molecular flexibility index (Phi) is 4.98. The maximum atomic E-state index is 13.0. The number of nitrogens with zero attached hydrogens (tertiary/aromatic N) is 4. The Morgan fingerprint density at radius 1 is 1.06 bits per heavy atom. The molecule has 1 amide bonds. The van der Waals surface area contributed by atoms with Crippen LogP contribution in [0.15, 0.2) is 54.9 Å². The number of hydrogen-bond donors (Lipinski definition) is 1. The van der Waals surface area contributed by atoms with Gasteiger partial charge in [0.1, 0.15) is 0 Å². The molecule has 0 spiro atoms. The van der Waals surface area contributed by atoms with E-state index in [1.807, 2.05) is 38.1 Å². The Balaban J connectivity index is 1.39. The van der Waals surface area contributed by atoms with Crippen LogP contribution in [0.2, 0.25) is 0 Å². The average molecular weight is 412 g/mol. The van der Waals surface area contributed by atoms with Gasteiger partial charge in [-0.15, -0.1) is 0 Å². The number of fused-ring (bicyclic) bond motifs is 2. The van der Waals surface area contributed by atoms with E-state index in [9.17, 15) is 4.79 Å². The molecule has 0 saturated carbocycles. The third-order valence-corrected chi connectivity index (χ3v) is 6.06. The molecule has 4 aromatic rings. The predicted octanol–water partition coefficient (Wildman–Crippen LogP) is 4.49. The topological polar surface area (TPSA) is 72.7 Å². The molecule has 156 valence electrons. The molecule has 1 atom stereocenters. The highest BCUT2D eigenvalue weighted by Gasteiger charge is 2.18. The summed E-state index contributed by atoms with van der Waals surface area (Å²) >= 11 is 0. The van der Waals surface area contributed by atoms with Crippen molar-refractivity contribution in [2.45, 2.75) is 45.6 Å². The number of aromatic nitrogens is 4. The molecule has 3 heterocycles. The lowest BCUT2D eigenvalue weighted by atomic mass is 9.89. The van der Waals surface area contributed by atoms with Crippen molar-refractivity contribution in [3.05, 3.63) is 82.8 Å². The normalized spacial score (nSPS) is 14.3. The van der Waals surface area contributed by atoms with Crippen LogP contribution in [-0.2, 0) is 12.8 Å². The van der Waals surface area contributed by atoms with Crippen LogP contribution in [0.3, 0.4) is 0 Å². The van der Waals surface area contributed by atoms with Gasteiger partial charge in [0.25, 0.3) is 5.91 Å². The molecular weight excluding hydrogens is 386 g/mol. The molecule has 6 nitrogen and oxygen atoms in total. The number of benzene rings is 1. The van der Waals surface area contributed by atoms with Crippen LogP contribution in [0, 0.1) is 6.92 Å². The summed E-state index contributed by atoms with van der Waals surface area (Å²) in [5, 5.41) is 8.54. The lowest BCUT2D eigenvalue weighted by Crippen LogP contribution is -2.27. The summed E-state index contributed by atoms with van der Waals surface area (Å²) in [4.78, 5) is 21.8. The van der Waals surface area contributed by atoms with E-state index in [1.54, 1.807) is 17.1 Å². The van der Waals surface area contributed by atoms with Crippen molar-refractivity contribution in [3.63, 3.8) is 0 Å². The van der Waals surface area contributed by atoms with Crippen molar-refractivity contribution in [1.82, 2.24) is 25.1 Å². The zero-order valence-electron chi connectivity index (χ0n) is 17.8. The highest BCUT2D eigenvalue weighted by atomic mass is 16.1. The fourth-order valence-electron chi connectivity index (χ4n) is 4.29. The lowest BCUT2D eigenvalue weighted by Gasteiger charge is -2.20. The molecular formula is C25H25N5O. The highest BCUT2D eigenvalue weighted by molar-refractivity contribution is 5.97. The van der Waals surface area contributed by atoms with E-state index < -0.39 is 0 Å². The van der Waals surface area contributed by atoms with E-state index in [4.69, 9.17) is 0 Å². The molecule has 31 heavy (non-hydrogen) atoms. The van der Waals surface area contributed by atoms with E-state index in [2.05, 4.69) is 38.6 Å². The van der Waals surface area contributed by atoms with Gasteiger partial charge < -0.3 is 5.32 Å². The number of carbonyl (C=O) groups is 1. The van der Waals surface area contributed by atoms with Crippen molar-refractivity contribution in [2.24, 2.45) is 0 Å². The maximum Gasteiger partial charge on any atom is 0.253 e. The van der Waals surface area contributed by atoms with Crippen molar-refractivity contribution in [1.29, 1.82) is 0 Å². The Morgan fingerprint density at radius 2 is 1.90 bits per heavy atom. The molecule has 0 saturated heterocycles. The molecule has 6 heteroatoms. The number of rotatable bonds is 4. The van der Waals surface area contributed by atoms with E-state index >= 15 is 0 Å². The first-order chi connectivity index (χ1) is 15.1. The second-order valence-corrected chi connectivity index (χ2v) is 8.21. The molecule has 0 radical (unpaired) electrons. The minimum absolute atomic E-state index is 0.0761. The molecule has 0 bridgehead atoms. The Hall–Kier alpha value is -3.54. The summed E-state index contributed by atoms with van der Waals surface area (Å²) in [7, 11) is 0. The number of nitrogens with one attached hydrogen (secondary N) is 1. The first kappa shape index (κ1) is 19.4. The number of carbonyl (C=O) groups excluding carboxylic acids is 1. The second kappa shape index (κ2) is 7.95. The van der Waals surface area contributed by atoms with Crippen molar-refractivity contribution in [3.8, 4) is 5.82 Å².